The Morgan fingerprint density at radius 2 is 0.947 bits per heavy atom. The maximum absolute atomic E-state index is 9.70. The minimum Gasteiger partial charge on any atom is -0.481 e. The topological polar surface area (TPSA) is 186 Å². The van der Waals surface area contributed by atoms with Crippen LogP contribution in [0.25, 0.3) is 0 Å². The van der Waals surface area contributed by atoms with Crippen LogP contribution in [0, 0.1) is 5.92 Å². The van der Waals surface area contributed by atoms with Gasteiger partial charge in [-0.2, -0.15) is 0 Å². The summed E-state index contributed by atoms with van der Waals surface area (Å²) in [4.78, 5) is 46.8. The molecule has 19 heavy (non-hydrogen) atoms. The molecular weight excluding hydrogens is 268 g/mol. The number of carboxylic acids is 5. The smallest absolute Gasteiger partial charge is 0.414 e. The fourth-order valence-corrected chi connectivity index (χ4v) is 0.129. The van der Waals surface area contributed by atoms with E-state index < -0.39 is 36.3 Å². The summed E-state index contributed by atoms with van der Waals surface area (Å²) in [6.45, 7) is 3.28. The molecule has 0 radical (unpaired) electrons. The Labute approximate surface area is 106 Å². The molecule has 10 heteroatoms. The van der Waals surface area contributed by atoms with Crippen molar-refractivity contribution in [2.24, 2.45) is 5.92 Å². The van der Waals surface area contributed by atoms with Crippen LogP contribution in [0.5, 0.6) is 0 Å². The molecule has 0 rings (SSSR count). The number of carboxylic acid groups (broad SMARTS) is 5. The van der Waals surface area contributed by atoms with Crippen molar-refractivity contribution in [1.82, 2.24) is 0 Å². The molecule has 0 bridgehead atoms. The second-order valence-corrected chi connectivity index (χ2v) is 3.07. The van der Waals surface area contributed by atoms with Crippen molar-refractivity contribution in [1.29, 1.82) is 0 Å². The number of hydrogen-bond acceptors (Lipinski definition) is 5. The third-order valence-electron chi connectivity index (χ3n) is 0.979. The first kappa shape index (κ1) is 21.6. The highest BCUT2D eigenvalue weighted by atomic mass is 16.4. The Bertz CT molecular complexity index is 319. The van der Waals surface area contributed by atoms with Gasteiger partial charge in [-0.25, -0.2) is 9.59 Å². The zero-order valence-corrected chi connectivity index (χ0v) is 10.1. The van der Waals surface area contributed by atoms with Crippen LogP contribution in [-0.4, -0.2) is 55.4 Å². The van der Waals surface area contributed by atoms with Crippen LogP contribution in [0.2, 0.25) is 0 Å². The second kappa shape index (κ2) is 11.8. The van der Waals surface area contributed by atoms with Gasteiger partial charge in [0.2, 0.25) is 0 Å². The summed E-state index contributed by atoms with van der Waals surface area (Å²) in [5.41, 5.74) is 0. The predicted molar refractivity (Wildman–Crippen MR) is 57.6 cm³/mol. The predicted octanol–water partition coefficient (Wildman–Crippen LogP) is -0.572. The van der Waals surface area contributed by atoms with E-state index in [1.165, 1.54) is 0 Å². The van der Waals surface area contributed by atoms with Gasteiger partial charge in [0.05, 0.1) is 5.92 Å². The lowest BCUT2D eigenvalue weighted by atomic mass is 10.2. The monoisotopic (exact) mass is 282 g/mol. The number of aliphatic carboxylic acids is 5. The Hall–Kier alpha value is -2.65. The van der Waals surface area contributed by atoms with Gasteiger partial charge in [0.25, 0.3) is 0 Å². The standard InChI is InChI=1S/C4H8O2.C3H4O4.C2H2O4/c1-3(2)4(5)6;4-2(5)1-3(6)7;3-1(4)2(5)6/h3H,1-2H3,(H,5,6);1H2,(H,4,5)(H,6,7);(H,3,4)(H,5,6). The van der Waals surface area contributed by atoms with E-state index >= 15 is 0 Å². The lowest BCUT2D eigenvalue weighted by molar-refractivity contribution is -0.159. The maximum atomic E-state index is 9.70. The lowest BCUT2D eigenvalue weighted by Crippen LogP contribution is -2.09. The van der Waals surface area contributed by atoms with Crippen LogP contribution in [0.15, 0.2) is 0 Å². The zero-order valence-electron chi connectivity index (χ0n) is 10.1. The van der Waals surface area contributed by atoms with E-state index in [2.05, 4.69) is 0 Å². The molecule has 0 unspecified atom stereocenters. The Morgan fingerprint density at radius 3 is 0.947 bits per heavy atom. The van der Waals surface area contributed by atoms with Gasteiger partial charge in [-0.15, -0.1) is 0 Å². The average Bonchev–Trinajstić information content (AvgIpc) is 2.16. The zero-order chi connectivity index (χ0) is 16.2. The van der Waals surface area contributed by atoms with Crippen molar-refractivity contribution < 1.29 is 49.5 Å². The first-order chi connectivity index (χ1) is 8.41. The normalized spacial score (nSPS) is 8.16. The summed E-state index contributed by atoms with van der Waals surface area (Å²) in [6, 6.07) is 0. The highest BCUT2D eigenvalue weighted by molar-refractivity contribution is 6.27. The van der Waals surface area contributed by atoms with E-state index in [0.29, 0.717) is 0 Å². The Morgan fingerprint density at radius 1 is 0.737 bits per heavy atom. The molecule has 0 amide bonds. The second-order valence-electron chi connectivity index (χ2n) is 3.07. The summed E-state index contributed by atoms with van der Waals surface area (Å²) in [5, 5.41) is 38.2. The summed E-state index contributed by atoms with van der Waals surface area (Å²) < 4.78 is 0. The van der Waals surface area contributed by atoms with Crippen LogP contribution in [0.4, 0.5) is 0 Å². The molecule has 0 aliphatic rings. The molecule has 0 atom stereocenters. The van der Waals surface area contributed by atoms with Crippen molar-refractivity contribution in [2.45, 2.75) is 20.3 Å². The Balaban J connectivity index is -0.000000203. The van der Waals surface area contributed by atoms with Gasteiger partial charge in [-0.05, 0) is 0 Å². The SMILES string of the molecule is CC(C)C(=O)O.O=C(O)C(=O)O.O=C(O)CC(=O)O. The van der Waals surface area contributed by atoms with Gasteiger partial charge >= 0.3 is 29.8 Å². The molecule has 0 fully saturated rings. The third kappa shape index (κ3) is 31.3. The van der Waals surface area contributed by atoms with Gasteiger partial charge < -0.3 is 25.5 Å². The van der Waals surface area contributed by atoms with Crippen molar-refractivity contribution in [3.8, 4) is 0 Å². The van der Waals surface area contributed by atoms with Crippen LogP contribution >= 0.6 is 0 Å². The molecule has 0 aromatic rings. The molecule has 0 aromatic heterocycles. The Kier molecular flexibility index (Phi) is 13.5. The largest absolute Gasteiger partial charge is 0.481 e. The first-order valence-corrected chi connectivity index (χ1v) is 4.54. The summed E-state index contributed by atoms with van der Waals surface area (Å²) in [6.07, 6.45) is -0.806. The molecule has 0 spiro atoms. The average molecular weight is 282 g/mol. The van der Waals surface area contributed by atoms with Crippen molar-refractivity contribution >= 4 is 29.8 Å². The molecule has 110 valence electrons. The van der Waals surface area contributed by atoms with E-state index in [4.69, 9.17) is 35.1 Å². The summed E-state index contributed by atoms with van der Waals surface area (Å²) in [5.74, 6) is -7.25. The molecule has 0 heterocycles. The van der Waals surface area contributed by atoms with E-state index in [1.54, 1.807) is 13.8 Å². The molecule has 0 aromatic carbocycles. The molecule has 0 saturated carbocycles. The highest BCUT2D eigenvalue weighted by Gasteiger charge is 2.04. The van der Waals surface area contributed by atoms with Crippen molar-refractivity contribution in [3.63, 3.8) is 0 Å². The van der Waals surface area contributed by atoms with Crippen LogP contribution < -0.4 is 0 Å². The highest BCUT2D eigenvalue weighted by Crippen LogP contribution is 1.87. The van der Waals surface area contributed by atoms with Gasteiger partial charge in [-0.1, -0.05) is 13.8 Å². The maximum Gasteiger partial charge on any atom is 0.414 e. The molecule has 10 nitrogen and oxygen atoms in total. The van der Waals surface area contributed by atoms with Crippen LogP contribution in [0.3, 0.4) is 0 Å². The molecule has 0 aliphatic heterocycles. The van der Waals surface area contributed by atoms with E-state index in [9.17, 15) is 14.4 Å². The van der Waals surface area contributed by atoms with Gasteiger partial charge in [0.15, 0.2) is 0 Å². The molecule has 0 saturated heterocycles. The first-order valence-electron chi connectivity index (χ1n) is 4.54. The molecule has 5 N–H and O–H groups in total. The fraction of sp³-hybridized carbons (Fsp3) is 0.444. The lowest BCUT2D eigenvalue weighted by Gasteiger charge is -1.89. The minimum absolute atomic E-state index is 0.231. The quantitative estimate of drug-likeness (QED) is 0.331. The van der Waals surface area contributed by atoms with Crippen molar-refractivity contribution in [3.05, 3.63) is 0 Å². The minimum atomic E-state index is -1.82. The van der Waals surface area contributed by atoms with Crippen molar-refractivity contribution in [2.75, 3.05) is 0 Å². The van der Waals surface area contributed by atoms with Crippen LogP contribution in [0.1, 0.15) is 20.3 Å². The van der Waals surface area contributed by atoms with Gasteiger partial charge in [0.1, 0.15) is 6.42 Å². The summed E-state index contributed by atoms with van der Waals surface area (Å²) in [7, 11) is 0. The van der Waals surface area contributed by atoms with E-state index in [0.717, 1.165) is 0 Å². The van der Waals surface area contributed by atoms with E-state index in [1.807, 2.05) is 0 Å². The number of rotatable bonds is 3. The van der Waals surface area contributed by atoms with E-state index in [-0.39, 0.29) is 5.92 Å². The van der Waals surface area contributed by atoms with Gasteiger partial charge in [-0.3, -0.25) is 14.4 Å². The summed E-state index contributed by atoms with van der Waals surface area (Å²) >= 11 is 0. The number of hydrogen-bond donors (Lipinski definition) is 5. The molecule has 0 aliphatic carbocycles. The molecular formula is C9H14O10. The third-order valence-corrected chi connectivity index (χ3v) is 0.979. The van der Waals surface area contributed by atoms with Crippen LogP contribution in [-0.2, 0) is 24.0 Å². The number of carbonyl (C=O) groups is 5. The fourth-order valence-electron chi connectivity index (χ4n) is 0.129. The van der Waals surface area contributed by atoms with Gasteiger partial charge in [0, 0.05) is 0 Å².